The molecule has 2 rings (SSSR count). The zero-order valence-corrected chi connectivity index (χ0v) is 10.7. The van der Waals surface area contributed by atoms with Crippen LogP contribution in [0.1, 0.15) is 31.3 Å². The molecule has 0 radical (unpaired) electrons. The van der Waals surface area contributed by atoms with Gasteiger partial charge in [-0.3, -0.25) is 4.68 Å². The number of aromatic carboxylic acids is 1. The lowest BCUT2D eigenvalue weighted by atomic mass is 10.1. The number of hydrogen-bond donors (Lipinski definition) is 1. The molecule has 7 nitrogen and oxygen atoms in total. The first-order chi connectivity index (χ1) is 8.30. The molecule has 96 valence electrons. The van der Waals surface area contributed by atoms with Crippen LogP contribution in [0, 0.1) is 0 Å². The summed E-state index contributed by atoms with van der Waals surface area (Å²) in [5.74, 6) is -1.09. The Labute approximate surface area is 104 Å². The summed E-state index contributed by atoms with van der Waals surface area (Å²) in [6.45, 7) is 5.81. The van der Waals surface area contributed by atoms with E-state index in [1.807, 2.05) is 20.8 Å². The third-order valence-electron chi connectivity index (χ3n) is 2.49. The minimum atomic E-state index is -1.09. The van der Waals surface area contributed by atoms with Gasteiger partial charge in [0, 0.05) is 18.8 Å². The van der Waals surface area contributed by atoms with Gasteiger partial charge in [0.15, 0.2) is 5.69 Å². The van der Waals surface area contributed by atoms with Crippen molar-refractivity contribution in [2.45, 2.75) is 26.3 Å². The highest BCUT2D eigenvalue weighted by atomic mass is 16.4. The average Bonchev–Trinajstić information content (AvgIpc) is 2.80. The van der Waals surface area contributed by atoms with E-state index in [4.69, 9.17) is 5.11 Å². The molecule has 0 aliphatic carbocycles. The highest BCUT2D eigenvalue weighted by Crippen LogP contribution is 2.27. The minimum Gasteiger partial charge on any atom is -0.476 e. The van der Waals surface area contributed by atoms with Crippen molar-refractivity contribution in [3.8, 4) is 11.3 Å². The normalized spacial score (nSPS) is 11.8. The molecule has 1 N–H and O–H groups in total. The number of carbonyl (C=O) groups is 1. The second-order valence-electron chi connectivity index (χ2n) is 5.08. The molecule has 2 heterocycles. The molecule has 0 aromatic carbocycles. The molecule has 0 fully saturated rings. The van der Waals surface area contributed by atoms with Gasteiger partial charge in [0.25, 0.3) is 0 Å². The third kappa shape index (κ3) is 1.99. The number of hydrogen-bond acceptors (Lipinski definition) is 4. The van der Waals surface area contributed by atoms with Crippen molar-refractivity contribution in [3.05, 3.63) is 18.1 Å². The lowest BCUT2D eigenvalue weighted by Gasteiger charge is -2.20. The van der Waals surface area contributed by atoms with E-state index in [1.54, 1.807) is 28.8 Å². The van der Waals surface area contributed by atoms with E-state index in [2.05, 4.69) is 15.4 Å². The number of carboxylic acid groups (broad SMARTS) is 1. The SMILES string of the molecule is Cn1cc(-c2c(C(=O)O)nnn2C(C)(C)C)cn1. The fourth-order valence-electron chi connectivity index (χ4n) is 1.70. The van der Waals surface area contributed by atoms with Crippen LogP contribution >= 0.6 is 0 Å². The molecule has 0 saturated heterocycles. The lowest BCUT2D eigenvalue weighted by Crippen LogP contribution is -2.24. The molecule has 2 aromatic heterocycles. The van der Waals surface area contributed by atoms with Gasteiger partial charge in [0.1, 0.15) is 5.69 Å². The zero-order chi connectivity index (χ0) is 13.5. The van der Waals surface area contributed by atoms with Gasteiger partial charge in [-0.2, -0.15) is 5.10 Å². The van der Waals surface area contributed by atoms with Gasteiger partial charge >= 0.3 is 5.97 Å². The first-order valence-corrected chi connectivity index (χ1v) is 5.49. The van der Waals surface area contributed by atoms with Crippen LogP contribution in [-0.2, 0) is 12.6 Å². The first kappa shape index (κ1) is 12.3. The molecule has 0 unspecified atom stereocenters. The highest BCUT2D eigenvalue weighted by Gasteiger charge is 2.27. The van der Waals surface area contributed by atoms with Crippen LogP contribution in [0.25, 0.3) is 11.3 Å². The lowest BCUT2D eigenvalue weighted by molar-refractivity contribution is 0.0691. The Kier molecular flexibility index (Phi) is 2.68. The van der Waals surface area contributed by atoms with Crippen molar-refractivity contribution >= 4 is 5.97 Å². The predicted molar refractivity (Wildman–Crippen MR) is 64.2 cm³/mol. The van der Waals surface area contributed by atoms with Gasteiger partial charge in [-0.05, 0) is 20.8 Å². The predicted octanol–water partition coefficient (Wildman–Crippen LogP) is 1.13. The molecule has 2 aromatic rings. The van der Waals surface area contributed by atoms with Crippen molar-refractivity contribution in [3.63, 3.8) is 0 Å². The number of aryl methyl sites for hydroxylation is 1. The molecule has 0 atom stereocenters. The Hall–Kier alpha value is -2.18. The van der Waals surface area contributed by atoms with Gasteiger partial charge in [-0.1, -0.05) is 5.21 Å². The molecule has 7 heteroatoms. The van der Waals surface area contributed by atoms with Crippen molar-refractivity contribution < 1.29 is 9.90 Å². The van der Waals surface area contributed by atoms with Crippen LogP contribution < -0.4 is 0 Å². The van der Waals surface area contributed by atoms with Gasteiger partial charge in [-0.25, -0.2) is 9.48 Å². The highest BCUT2D eigenvalue weighted by molar-refractivity contribution is 5.92. The number of carboxylic acids is 1. The topological polar surface area (TPSA) is 85.8 Å². The van der Waals surface area contributed by atoms with E-state index in [9.17, 15) is 4.79 Å². The molecular weight excluding hydrogens is 234 g/mol. The maximum absolute atomic E-state index is 11.2. The van der Waals surface area contributed by atoms with Gasteiger partial charge in [0.05, 0.1) is 11.7 Å². The van der Waals surface area contributed by atoms with Crippen LogP contribution in [0.2, 0.25) is 0 Å². The van der Waals surface area contributed by atoms with Gasteiger partial charge < -0.3 is 5.11 Å². The Bertz CT molecular complexity index is 591. The van der Waals surface area contributed by atoms with E-state index >= 15 is 0 Å². The van der Waals surface area contributed by atoms with Crippen LogP contribution in [-0.4, -0.2) is 35.9 Å². The summed E-state index contributed by atoms with van der Waals surface area (Å²) < 4.78 is 3.22. The van der Waals surface area contributed by atoms with Crippen LogP contribution in [0.4, 0.5) is 0 Å². The summed E-state index contributed by atoms with van der Waals surface area (Å²) in [6.07, 6.45) is 3.35. The van der Waals surface area contributed by atoms with Gasteiger partial charge in [-0.15, -0.1) is 5.10 Å². The molecule has 0 saturated carbocycles. The average molecular weight is 249 g/mol. The van der Waals surface area contributed by atoms with Crippen LogP contribution in [0.15, 0.2) is 12.4 Å². The standard InChI is InChI=1S/C11H15N5O2/c1-11(2,3)16-9(7-5-12-15(4)6-7)8(10(17)18)13-14-16/h5-6H,1-4H3,(H,17,18). The maximum Gasteiger partial charge on any atom is 0.358 e. The second kappa shape index (κ2) is 3.94. The smallest absolute Gasteiger partial charge is 0.358 e. The quantitative estimate of drug-likeness (QED) is 0.862. The Morgan fingerprint density at radius 2 is 2.06 bits per heavy atom. The van der Waals surface area contributed by atoms with E-state index in [0.29, 0.717) is 11.3 Å². The maximum atomic E-state index is 11.2. The van der Waals surface area contributed by atoms with Crippen LogP contribution in [0.5, 0.6) is 0 Å². The summed E-state index contributed by atoms with van der Waals surface area (Å²) in [4.78, 5) is 11.2. The van der Waals surface area contributed by atoms with E-state index in [1.165, 1.54) is 0 Å². The summed E-state index contributed by atoms with van der Waals surface area (Å²) in [6, 6.07) is 0. The Morgan fingerprint density at radius 1 is 1.39 bits per heavy atom. The van der Waals surface area contributed by atoms with Gasteiger partial charge in [0.2, 0.25) is 0 Å². The molecular formula is C11H15N5O2. The Balaban J connectivity index is 2.69. The second-order valence-corrected chi connectivity index (χ2v) is 5.08. The summed E-state index contributed by atoms with van der Waals surface area (Å²) in [5.41, 5.74) is 0.752. The summed E-state index contributed by atoms with van der Waals surface area (Å²) in [5, 5.41) is 20.9. The third-order valence-corrected chi connectivity index (χ3v) is 2.49. The molecule has 18 heavy (non-hydrogen) atoms. The molecule has 0 aliphatic rings. The summed E-state index contributed by atoms with van der Waals surface area (Å²) >= 11 is 0. The zero-order valence-electron chi connectivity index (χ0n) is 10.7. The van der Waals surface area contributed by atoms with Crippen molar-refractivity contribution in [2.75, 3.05) is 0 Å². The minimum absolute atomic E-state index is 0.0575. The Morgan fingerprint density at radius 3 is 2.50 bits per heavy atom. The van der Waals surface area contributed by atoms with E-state index in [0.717, 1.165) is 0 Å². The summed E-state index contributed by atoms with van der Waals surface area (Å²) in [7, 11) is 1.77. The molecule has 0 amide bonds. The van der Waals surface area contributed by atoms with Crippen LogP contribution in [0.3, 0.4) is 0 Å². The largest absolute Gasteiger partial charge is 0.476 e. The molecule has 0 aliphatic heterocycles. The molecule has 0 bridgehead atoms. The monoisotopic (exact) mass is 249 g/mol. The van der Waals surface area contributed by atoms with Crippen molar-refractivity contribution in [2.24, 2.45) is 7.05 Å². The van der Waals surface area contributed by atoms with E-state index < -0.39 is 5.97 Å². The van der Waals surface area contributed by atoms with Crippen molar-refractivity contribution in [1.82, 2.24) is 24.8 Å². The first-order valence-electron chi connectivity index (χ1n) is 5.49. The number of aromatic nitrogens is 5. The molecule has 0 spiro atoms. The fourth-order valence-corrected chi connectivity index (χ4v) is 1.70. The van der Waals surface area contributed by atoms with Crippen molar-refractivity contribution in [1.29, 1.82) is 0 Å². The van der Waals surface area contributed by atoms with E-state index in [-0.39, 0.29) is 11.2 Å². The number of rotatable bonds is 2. The fraction of sp³-hybridized carbons (Fsp3) is 0.455. The number of nitrogens with zero attached hydrogens (tertiary/aromatic N) is 5.